The lowest BCUT2D eigenvalue weighted by Gasteiger charge is -2.39. The molecule has 1 aromatic heterocycles. The number of nitrogens with zero attached hydrogens (tertiary/aromatic N) is 4. The number of ether oxygens (including phenoxy) is 1. The lowest BCUT2D eigenvalue weighted by atomic mass is 10.0. The number of rotatable bonds is 5. The molecular weight excluding hydrogens is 304 g/mol. The molecule has 1 aromatic rings. The number of piperidine rings is 1. The molecule has 134 valence electrons. The molecule has 6 heteroatoms. The first kappa shape index (κ1) is 16.5. The van der Waals surface area contributed by atoms with Crippen molar-refractivity contribution in [3.8, 4) is 0 Å². The van der Waals surface area contributed by atoms with Crippen LogP contribution in [-0.4, -0.2) is 65.4 Å². The van der Waals surface area contributed by atoms with Crippen LogP contribution in [0.2, 0.25) is 0 Å². The molecule has 1 unspecified atom stereocenters. The van der Waals surface area contributed by atoms with Crippen molar-refractivity contribution in [1.82, 2.24) is 19.9 Å². The SMILES string of the molecule is C1CCC(c2nc(CN3CCCCC3CN3CCOCC3)no2)C1. The molecule has 0 N–H and O–H groups in total. The van der Waals surface area contributed by atoms with Gasteiger partial charge in [0.15, 0.2) is 5.82 Å². The Labute approximate surface area is 144 Å². The fourth-order valence-corrected chi connectivity index (χ4v) is 4.41. The first-order chi connectivity index (χ1) is 11.9. The molecule has 24 heavy (non-hydrogen) atoms. The van der Waals surface area contributed by atoms with E-state index in [4.69, 9.17) is 14.2 Å². The molecule has 2 aliphatic heterocycles. The van der Waals surface area contributed by atoms with E-state index in [9.17, 15) is 0 Å². The van der Waals surface area contributed by atoms with Crippen LogP contribution in [0.1, 0.15) is 62.6 Å². The fourth-order valence-electron chi connectivity index (χ4n) is 4.41. The molecule has 0 radical (unpaired) electrons. The van der Waals surface area contributed by atoms with Crippen LogP contribution in [0.5, 0.6) is 0 Å². The third-order valence-electron chi connectivity index (χ3n) is 5.85. The van der Waals surface area contributed by atoms with E-state index in [0.29, 0.717) is 12.0 Å². The smallest absolute Gasteiger partial charge is 0.229 e. The minimum absolute atomic E-state index is 0.511. The van der Waals surface area contributed by atoms with E-state index in [1.807, 2.05) is 0 Å². The summed E-state index contributed by atoms with van der Waals surface area (Å²) in [6.45, 7) is 7.03. The summed E-state index contributed by atoms with van der Waals surface area (Å²) in [5.41, 5.74) is 0. The number of hydrogen-bond donors (Lipinski definition) is 0. The van der Waals surface area contributed by atoms with Crippen LogP contribution in [0.25, 0.3) is 0 Å². The highest BCUT2D eigenvalue weighted by Crippen LogP contribution is 2.33. The lowest BCUT2D eigenvalue weighted by molar-refractivity contribution is 0.0148. The van der Waals surface area contributed by atoms with E-state index < -0.39 is 0 Å². The highest BCUT2D eigenvalue weighted by molar-refractivity contribution is 4.97. The Hall–Kier alpha value is -0.980. The van der Waals surface area contributed by atoms with Gasteiger partial charge in [0, 0.05) is 31.6 Å². The number of likely N-dealkylation sites (tertiary alicyclic amines) is 1. The molecule has 6 nitrogen and oxygen atoms in total. The van der Waals surface area contributed by atoms with E-state index in [1.165, 1.54) is 44.9 Å². The zero-order valence-corrected chi connectivity index (χ0v) is 14.7. The quantitative estimate of drug-likeness (QED) is 0.824. The van der Waals surface area contributed by atoms with Crippen molar-refractivity contribution in [3.05, 3.63) is 11.7 Å². The van der Waals surface area contributed by atoms with Gasteiger partial charge in [-0.05, 0) is 32.2 Å². The van der Waals surface area contributed by atoms with Crippen LogP contribution >= 0.6 is 0 Å². The van der Waals surface area contributed by atoms with Crippen molar-refractivity contribution in [1.29, 1.82) is 0 Å². The fraction of sp³-hybridized carbons (Fsp3) is 0.889. The first-order valence-electron chi connectivity index (χ1n) is 9.75. The number of morpholine rings is 1. The summed E-state index contributed by atoms with van der Waals surface area (Å²) in [4.78, 5) is 9.83. The maximum Gasteiger partial charge on any atom is 0.229 e. The van der Waals surface area contributed by atoms with Crippen molar-refractivity contribution in [2.75, 3.05) is 39.4 Å². The van der Waals surface area contributed by atoms with E-state index in [-0.39, 0.29) is 0 Å². The standard InChI is InChI=1S/C18H30N4O2/c1-2-6-15(5-1)18-19-17(20-24-18)14-22-8-4-3-7-16(22)13-21-9-11-23-12-10-21/h15-16H,1-14H2. The molecule has 3 aliphatic rings. The molecule has 0 spiro atoms. The number of aromatic nitrogens is 2. The molecule has 0 amide bonds. The second-order valence-electron chi connectivity index (χ2n) is 7.56. The topological polar surface area (TPSA) is 54.6 Å². The predicted molar refractivity (Wildman–Crippen MR) is 90.8 cm³/mol. The molecular formula is C18H30N4O2. The molecule has 1 aliphatic carbocycles. The first-order valence-corrected chi connectivity index (χ1v) is 9.75. The Bertz CT molecular complexity index is 509. The van der Waals surface area contributed by atoms with Gasteiger partial charge in [-0.2, -0.15) is 4.98 Å². The average Bonchev–Trinajstić information content (AvgIpc) is 3.29. The van der Waals surface area contributed by atoms with Crippen molar-refractivity contribution >= 4 is 0 Å². The van der Waals surface area contributed by atoms with E-state index in [2.05, 4.69) is 15.0 Å². The Morgan fingerprint density at radius 1 is 0.958 bits per heavy atom. The van der Waals surface area contributed by atoms with Crippen LogP contribution in [0, 0.1) is 0 Å². The Balaban J connectivity index is 1.35. The average molecular weight is 334 g/mol. The van der Waals surface area contributed by atoms with Crippen LogP contribution in [0.15, 0.2) is 4.52 Å². The van der Waals surface area contributed by atoms with Gasteiger partial charge in [-0.25, -0.2) is 0 Å². The molecule has 3 fully saturated rings. The maximum atomic E-state index is 5.56. The molecule has 1 saturated carbocycles. The summed E-state index contributed by atoms with van der Waals surface area (Å²) in [5, 5.41) is 4.27. The summed E-state index contributed by atoms with van der Waals surface area (Å²) in [7, 11) is 0. The van der Waals surface area contributed by atoms with Gasteiger partial charge in [0.2, 0.25) is 5.89 Å². The summed E-state index contributed by atoms with van der Waals surface area (Å²) in [6, 6.07) is 0.616. The van der Waals surface area contributed by atoms with Crippen LogP contribution in [-0.2, 0) is 11.3 Å². The van der Waals surface area contributed by atoms with Gasteiger partial charge in [-0.1, -0.05) is 24.4 Å². The highest BCUT2D eigenvalue weighted by atomic mass is 16.5. The minimum atomic E-state index is 0.511. The van der Waals surface area contributed by atoms with Gasteiger partial charge in [0.25, 0.3) is 0 Å². The Morgan fingerprint density at radius 2 is 1.75 bits per heavy atom. The molecule has 0 aromatic carbocycles. The Kier molecular flexibility index (Phi) is 5.45. The van der Waals surface area contributed by atoms with Crippen molar-refractivity contribution in [2.24, 2.45) is 0 Å². The molecule has 4 rings (SSSR count). The van der Waals surface area contributed by atoms with Crippen molar-refractivity contribution in [3.63, 3.8) is 0 Å². The monoisotopic (exact) mass is 334 g/mol. The van der Waals surface area contributed by atoms with Crippen LogP contribution in [0.4, 0.5) is 0 Å². The van der Waals surface area contributed by atoms with Crippen LogP contribution in [0.3, 0.4) is 0 Å². The molecule has 2 saturated heterocycles. The van der Waals surface area contributed by atoms with E-state index in [0.717, 1.165) is 57.7 Å². The molecule has 1 atom stereocenters. The van der Waals surface area contributed by atoms with Gasteiger partial charge in [0.1, 0.15) is 0 Å². The van der Waals surface area contributed by atoms with Crippen LogP contribution < -0.4 is 0 Å². The van der Waals surface area contributed by atoms with Crippen molar-refractivity contribution < 1.29 is 9.26 Å². The summed E-state index contributed by atoms with van der Waals surface area (Å²) in [6.07, 6.45) is 8.94. The Morgan fingerprint density at radius 3 is 2.58 bits per heavy atom. The minimum Gasteiger partial charge on any atom is -0.379 e. The van der Waals surface area contributed by atoms with Gasteiger partial charge >= 0.3 is 0 Å². The largest absolute Gasteiger partial charge is 0.379 e. The van der Waals surface area contributed by atoms with Gasteiger partial charge < -0.3 is 9.26 Å². The van der Waals surface area contributed by atoms with Gasteiger partial charge in [-0.15, -0.1) is 0 Å². The lowest BCUT2D eigenvalue weighted by Crippen LogP contribution is -2.49. The molecule has 3 heterocycles. The second-order valence-corrected chi connectivity index (χ2v) is 7.56. The third kappa shape index (κ3) is 3.98. The van der Waals surface area contributed by atoms with Crippen molar-refractivity contribution in [2.45, 2.75) is 63.5 Å². The zero-order chi connectivity index (χ0) is 16.2. The second kappa shape index (κ2) is 7.93. The van der Waals surface area contributed by atoms with Gasteiger partial charge in [-0.3, -0.25) is 9.80 Å². The third-order valence-corrected chi connectivity index (χ3v) is 5.85. The zero-order valence-electron chi connectivity index (χ0n) is 14.7. The maximum absolute atomic E-state index is 5.56. The summed E-state index contributed by atoms with van der Waals surface area (Å²) < 4.78 is 11.0. The molecule has 0 bridgehead atoms. The normalized spacial score (nSPS) is 27.8. The summed E-state index contributed by atoms with van der Waals surface area (Å²) in [5.74, 6) is 2.27. The summed E-state index contributed by atoms with van der Waals surface area (Å²) >= 11 is 0. The van der Waals surface area contributed by atoms with Gasteiger partial charge in [0.05, 0.1) is 19.8 Å². The highest BCUT2D eigenvalue weighted by Gasteiger charge is 2.28. The van der Waals surface area contributed by atoms with E-state index >= 15 is 0 Å². The van der Waals surface area contributed by atoms with E-state index in [1.54, 1.807) is 0 Å². The number of hydrogen-bond acceptors (Lipinski definition) is 6. The predicted octanol–water partition coefficient (Wildman–Crippen LogP) is 2.41.